The number of halogens is 6. The zero-order valence-corrected chi connectivity index (χ0v) is 20.1. The van der Waals surface area contributed by atoms with Gasteiger partial charge in [-0.1, -0.05) is 6.07 Å². The van der Waals surface area contributed by atoms with Crippen LogP contribution < -0.4 is 10.5 Å². The summed E-state index contributed by atoms with van der Waals surface area (Å²) < 4.78 is 108. The van der Waals surface area contributed by atoms with Crippen molar-refractivity contribution in [2.75, 3.05) is 12.4 Å². The molecule has 1 aromatic heterocycles. The van der Waals surface area contributed by atoms with Crippen molar-refractivity contribution in [1.29, 1.82) is 0 Å². The van der Waals surface area contributed by atoms with E-state index in [1.54, 1.807) is 0 Å². The van der Waals surface area contributed by atoms with Crippen molar-refractivity contribution in [1.82, 2.24) is 9.97 Å². The highest BCUT2D eigenvalue weighted by atomic mass is 32.2. The van der Waals surface area contributed by atoms with Crippen LogP contribution in [0, 0.1) is 5.82 Å². The number of benzene rings is 1. The van der Waals surface area contributed by atoms with Gasteiger partial charge in [0.25, 0.3) is 0 Å². The molecule has 1 unspecified atom stereocenters. The molecule has 2 N–H and O–H groups in total. The van der Waals surface area contributed by atoms with Crippen LogP contribution in [-0.4, -0.2) is 53.7 Å². The third-order valence-corrected chi connectivity index (χ3v) is 8.41. The first kappa shape index (κ1) is 27.4. The van der Waals surface area contributed by atoms with Crippen LogP contribution in [0.3, 0.4) is 0 Å². The molecule has 0 bridgehead atoms. The molecule has 1 aliphatic heterocycles. The highest BCUT2D eigenvalue weighted by Crippen LogP contribution is 2.38. The Morgan fingerprint density at radius 2 is 1.89 bits per heavy atom. The minimum absolute atomic E-state index is 0.124. The normalized spacial score (nSPS) is 21.8. The average molecular weight is 536 g/mol. The van der Waals surface area contributed by atoms with Crippen LogP contribution in [-0.2, 0) is 15.4 Å². The number of nitrogens with two attached hydrogens (primary N) is 1. The molecule has 0 fully saturated rings. The summed E-state index contributed by atoms with van der Waals surface area (Å²) in [7, 11) is -3.82. The second-order valence-electron chi connectivity index (χ2n) is 8.86. The van der Waals surface area contributed by atoms with E-state index in [1.165, 1.54) is 32.9 Å². The van der Waals surface area contributed by atoms with E-state index >= 15 is 0 Å². The topological polar surface area (TPSA) is 108 Å². The minimum Gasteiger partial charge on any atom is -0.470 e. The Kier molecular flexibility index (Phi) is 7.14. The van der Waals surface area contributed by atoms with Gasteiger partial charge in [0.2, 0.25) is 5.88 Å². The molecule has 1 aromatic carbocycles. The van der Waals surface area contributed by atoms with E-state index in [4.69, 9.17) is 5.73 Å². The molecule has 2 heterocycles. The van der Waals surface area contributed by atoms with Crippen molar-refractivity contribution < 1.29 is 39.5 Å². The van der Waals surface area contributed by atoms with Crippen LogP contribution in [0.2, 0.25) is 0 Å². The number of alkyl halides is 4. The van der Waals surface area contributed by atoms with Crippen molar-refractivity contribution >= 4 is 27.6 Å². The Bertz CT molecular complexity index is 1310. The largest absolute Gasteiger partial charge is 0.470 e. The number of amidine groups is 1. The molecule has 196 valence electrons. The lowest BCUT2D eigenvalue weighted by molar-refractivity contribution is -0.148. The highest BCUT2D eigenvalue weighted by Gasteiger charge is 2.49. The lowest BCUT2D eigenvalue weighted by Gasteiger charge is -2.38. The first-order valence-corrected chi connectivity index (χ1v) is 12.0. The molecule has 0 saturated heterocycles. The highest BCUT2D eigenvalue weighted by molar-refractivity contribution is 7.93. The van der Waals surface area contributed by atoms with Gasteiger partial charge in [-0.05, 0) is 44.5 Å². The molecule has 1 atom stereocenters. The first-order chi connectivity index (χ1) is 16.5. The van der Waals surface area contributed by atoms with Crippen molar-refractivity contribution in [3.63, 3.8) is 0 Å². The van der Waals surface area contributed by atoms with E-state index in [0.29, 0.717) is 0 Å². The summed E-state index contributed by atoms with van der Waals surface area (Å²) in [5.74, 6) is -7.38. The predicted molar refractivity (Wildman–Crippen MR) is 121 cm³/mol. The van der Waals surface area contributed by atoms with Crippen molar-refractivity contribution in [2.24, 2.45) is 10.7 Å². The Morgan fingerprint density at radius 1 is 1.22 bits per heavy atom. The van der Waals surface area contributed by atoms with E-state index in [2.05, 4.69) is 19.7 Å². The number of rotatable bonds is 7. The van der Waals surface area contributed by atoms with E-state index in [1.807, 2.05) is 0 Å². The number of aliphatic imine (C=N–C) groups is 1. The molecule has 3 rings (SSSR count). The van der Waals surface area contributed by atoms with Crippen molar-refractivity contribution in [3.05, 3.63) is 53.2 Å². The molecule has 7 nitrogen and oxygen atoms in total. The predicted octanol–water partition coefficient (Wildman–Crippen LogP) is 4.14. The van der Waals surface area contributed by atoms with Crippen molar-refractivity contribution in [3.8, 4) is 5.88 Å². The van der Waals surface area contributed by atoms with Gasteiger partial charge in [-0.15, -0.1) is 0 Å². The van der Waals surface area contributed by atoms with Gasteiger partial charge in [0.15, 0.2) is 22.3 Å². The fourth-order valence-corrected chi connectivity index (χ4v) is 4.98. The second kappa shape index (κ2) is 9.37. The number of aromatic nitrogens is 2. The second-order valence-corrected chi connectivity index (χ2v) is 11.4. The molecule has 0 aliphatic carbocycles. The summed E-state index contributed by atoms with van der Waals surface area (Å²) in [6.07, 6.45) is -1.38. The van der Waals surface area contributed by atoms with Gasteiger partial charge < -0.3 is 10.5 Å². The van der Waals surface area contributed by atoms with Gasteiger partial charge in [-0.3, -0.25) is 4.99 Å². The molecule has 14 heteroatoms. The maximum absolute atomic E-state index is 14.8. The third kappa shape index (κ3) is 5.32. The van der Waals surface area contributed by atoms with Crippen LogP contribution in [0.1, 0.15) is 37.6 Å². The fourth-order valence-electron chi connectivity index (χ4n) is 3.29. The monoisotopic (exact) mass is 536 g/mol. The number of hydrogen-bond acceptors (Lipinski definition) is 7. The number of sulfone groups is 1. The summed E-state index contributed by atoms with van der Waals surface area (Å²) >= 11 is 0. The number of ether oxygens (including phenoxy) is 1. The van der Waals surface area contributed by atoms with E-state index in [9.17, 15) is 34.8 Å². The molecular weight excluding hydrogens is 514 g/mol. The van der Waals surface area contributed by atoms with Crippen molar-refractivity contribution in [2.45, 2.75) is 43.4 Å². The Hall–Kier alpha value is -3.16. The van der Waals surface area contributed by atoms with Gasteiger partial charge in [-0.25, -0.2) is 35.9 Å². The molecule has 1 aliphatic rings. The number of nitrogens with zero attached hydrogens (tertiary/aromatic N) is 3. The van der Waals surface area contributed by atoms with Gasteiger partial charge in [-0.2, -0.15) is 8.78 Å². The minimum atomic E-state index is -4.40. The van der Waals surface area contributed by atoms with E-state index < -0.39 is 62.4 Å². The molecule has 36 heavy (non-hydrogen) atoms. The average Bonchev–Trinajstić information content (AvgIpc) is 2.77. The molecule has 0 spiro atoms. The number of hydrogen-bond donors (Lipinski definition) is 1. The third-order valence-electron chi connectivity index (χ3n) is 5.70. The molecule has 0 saturated carbocycles. The smallest absolute Gasteiger partial charge is 0.340 e. The van der Waals surface area contributed by atoms with E-state index in [0.717, 1.165) is 24.5 Å². The summed E-state index contributed by atoms with van der Waals surface area (Å²) in [6, 6.07) is 3.47. The lowest BCUT2D eigenvalue weighted by Crippen LogP contribution is -2.55. The summed E-state index contributed by atoms with van der Waals surface area (Å²) in [5.41, 5.74) is 3.97. The summed E-state index contributed by atoms with van der Waals surface area (Å²) in [6.45, 7) is 2.55. The van der Waals surface area contributed by atoms with E-state index in [-0.39, 0.29) is 22.7 Å². The summed E-state index contributed by atoms with van der Waals surface area (Å²) in [5, 5.41) is 0. The fraction of sp³-hybridized carbons (Fsp3) is 0.409. The summed E-state index contributed by atoms with van der Waals surface area (Å²) in [4.78, 5) is 11.5. The molecule has 2 aromatic rings. The Labute approximate surface area is 203 Å². The SMILES string of the molecule is CC1(c2cc(C=C(F)c3cnc(OCC(F)(F)C(F)F)cn3)ccc2F)CS(=O)(=O)C(C)(C)C(N)=N1. The van der Waals surface area contributed by atoms with Crippen LogP contribution in [0.25, 0.3) is 11.9 Å². The maximum Gasteiger partial charge on any atom is 0.340 e. The zero-order valence-electron chi connectivity index (χ0n) is 19.3. The van der Waals surface area contributed by atoms with Gasteiger partial charge in [0.1, 0.15) is 27.6 Å². The standard InChI is InChI=1S/C22H22F6N4O3S/c1-20(2)19(29)32-21(3,11-36(20,33)34)13-6-12(4-5-14(13)23)7-15(24)16-8-31-17(9-30-16)35-10-22(27,28)18(25)26/h4-9,18H,10-11H2,1-3H3,(H2,29,32). The molecule has 0 radical (unpaired) electrons. The first-order valence-electron chi connectivity index (χ1n) is 10.3. The lowest BCUT2D eigenvalue weighted by atomic mass is 9.91. The Morgan fingerprint density at radius 3 is 2.44 bits per heavy atom. The molecule has 0 amide bonds. The van der Waals surface area contributed by atoms with Crippen LogP contribution in [0.15, 0.2) is 35.6 Å². The van der Waals surface area contributed by atoms with Gasteiger partial charge >= 0.3 is 12.3 Å². The van der Waals surface area contributed by atoms with Crippen LogP contribution >= 0.6 is 0 Å². The quantitative estimate of drug-likeness (QED) is 0.533. The Balaban J connectivity index is 1.87. The van der Waals surface area contributed by atoms with Crippen LogP contribution in [0.4, 0.5) is 26.3 Å². The zero-order chi connectivity index (χ0) is 27.1. The van der Waals surface area contributed by atoms with Gasteiger partial charge in [0.05, 0.1) is 18.1 Å². The molecular formula is C22H22F6N4O3S. The van der Waals surface area contributed by atoms with Crippen LogP contribution in [0.5, 0.6) is 5.88 Å². The van der Waals surface area contributed by atoms with Gasteiger partial charge in [0, 0.05) is 5.56 Å². The maximum atomic E-state index is 14.8.